The Labute approximate surface area is 72.0 Å². The smallest absolute Gasteiger partial charge is 0.267 e. The average Bonchev–Trinajstić information content (AvgIpc) is 1.83. The van der Waals surface area contributed by atoms with E-state index in [4.69, 9.17) is 0 Å². The molecular formula is C8H11NOS. The molecule has 0 bridgehead atoms. The van der Waals surface area contributed by atoms with Gasteiger partial charge in [-0.3, -0.25) is 4.79 Å². The molecule has 1 amide bonds. The van der Waals surface area contributed by atoms with Crippen molar-refractivity contribution in [2.75, 3.05) is 0 Å². The fraction of sp³-hybridized carbons (Fsp3) is 0.500. The van der Waals surface area contributed by atoms with Gasteiger partial charge in [0.05, 0.1) is 5.16 Å². The summed E-state index contributed by atoms with van der Waals surface area (Å²) in [6.45, 7) is 5.99. The van der Waals surface area contributed by atoms with E-state index in [2.05, 4.69) is 17.2 Å². The molecule has 2 nitrogen and oxygen atoms in total. The summed E-state index contributed by atoms with van der Waals surface area (Å²) in [4.78, 5) is 14.0. The van der Waals surface area contributed by atoms with Gasteiger partial charge in [0.25, 0.3) is 5.91 Å². The van der Waals surface area contributed by atoms with Crippen molar-refractivity contribution < 1.29 is 4.79 Å². The zero-order valence-electron chi connectivity index (χ0n) is 6.92. The van der Waals surface area contributed by atoms with Crippen LogP contribution in [0, 0.1) is 5.41 Å². The van der Waals surface area contributed by atoms with E-state index in [1.807, 2.05) is 25.9 Å². The highest BCUT2D eigenvalue weighted by Gasteiger charge is 2.04. The van der Waals surface area contributed by atoms with Crippen LogP contribution in [0.3, 0.4) is 0 Å². The second-order valence-electron chi connectivity index (χ2n) is 3.24. The quantitative estimate of drug-likeness (QED) is 0.342. The second kappa shape index (κ2) is 4.16. The van der Waals surface area contributed by atoms with Crippen LogP contribution in [0.4, 0.5) is 0 Å². The Kier molecular flexibility index (Phi) is 3.86. The summed E-state index contributed by atoms with van der Waals surface area (Å²) in [5, 5.41) is 2.01. The Morgan fingerprint density at radius 2 is 2.09 bits per heavy atom. The number of carbonyl (C=O) groups excluding carboxylic acids is 1. The first-order chi connectivity index (χ1) is 4.95. The summed E-state index contributed by atoms with van der Waals surface area (Å²) in [5.41, 5.74) is 0.00658. The van der Waals surface area contributed by atoms with Gasteiger partial charge in [0.2, 0.25) is 0 Å². The molecule has 0 aromatic rings. The van der Waals surface area contributed by atoms with E-state index in [1.54, 1.807) is 6.08 Å². The summed E-state index contributed by atoms with van der Waals surface area (Å²) in [6, 6.07) is 0. The lowest BCUT2D eigenvalue weighted by molar-refractivity contribution is -0.113. The number of hydrogen-bond donors (Lipinski definition) is 0. The van der Waals surface area contributed by atoms with Crippen LogP contribution in [-0.2, 0) is 4.79 Å². The molecule has 0 N–H and O–H groups in total. The standard InChI is InChI=1S/C8H11NOS/c1-8(2,3)5-4-7(10)9-6-11/h4-5H,1-3H3. The lowest BCUT2D eigenvalue weighted by Gasteiger charge is -2.09. The Balaban J connectivity index is 4.15. The van der Waals surface area contributed by atoms with E-state index < -0.39 is 0 Å². The van der Waals surface area contributed by atoms with Crippen LogP contribution < -0.4 is 0 Å². The summed E-state index contributed by atoms with van der Waals surface area (Å²) in [7, 11) is 0. The van der Waals surface area contributed by atoms with Gasteiger partial charge in [-0.15, -0.1) is 0 Å². The molecule has 3 heteroatoms. The number of carbonyl (C=O) groups is 1. The summed E-state index contributed by atoms with van der Waals surface area (Å²) in [6.07, 6.45) is 3.19. The van der Waals surface area contributed by atoms with Crippen LogP contribution in [0.2, 0.25) is 0 Å². The van der Waals surface area contributed by atoms with E-state index in [-0.39, 0.29) is 11.3 Å². The van der Waals surface area contributed by atoms with Crippen molar-refractivity contribution in [2.45, 2.75) is 20.8 Å². The van der Waals surface area contributed by atoms with Gasteiger partial charge in [0, 0.05) is 6.08 Å². The molecule has 0 heterocycles. The Hall–Kier alpha value is -0.790. The molecule has 0 spiro atoms. The van der Waals surface area contributed by atoms with Crippen LogP contribution in [0.1, 0.15) is 20.8 Å². The number of isothiocyanates is 1. The van der Waals surface area contributed by atoms with Crippen LogP contribution >= 0.6 is 12.2 Å². The third-order valence-electron chi connectivity index (χ3n) is 0.882. The lowest BCUT2D eigenvalue weighted by atomic mass is 9.96. The van der Waals surface area contributed by atoms with Gasteiger partial charge >= 0.3 is 0 Å². The van der Waals surface area contributed by atoms with Gasteiger partial charge in [-0.2, -0.15) is 4.99 Å². The minimum Gasteiger partial charge on any atom is -0.267 e. The van der Waals surface area contributed by atoms with E-state index >= 15 is 0 Å². The molecule has 0 radical (unpaired) electrons. The molecule has 0 aliphatic rings. The molecule has 60 valence electrons. The fourth-order valence-electron chi connectivity index (χ4n) is 0.404. The maximum atomic E-state index is 10.7. The number of rotatable bonds is 1. The number of hydrogen-bond acceptors (Lipinski definition) is 2. The maximum Gasteiger partial charge on any atom is 0.278 e. The predicted octanol–water partition coefficient (Wildman–Crippen LogP) is 2.22. The highest BCUT2D eigenvalue weighted by Crippen LogP contribution is 2.14. The molecule has 0 aliphatic carbocycles. The van der Waals surface area contributed by atoms with E-state index in [0.717, 1.165) is 0 Å². The fourth-order valence-corrected chi connectivity index (χ4v) is 0.494. The van der Waals surface area contributed by atoms with E-state index in [9.17, 15) is 4.79 Å². The number of nitrogens with zero attached hydrogens (tertiary/aromatic N) is 1. The number of amides is 1. The van der Waals surface area contributed by atoms with Crippen molar-refractivity contribution in [1.82, 2.24) is 0 Å². The van der Waals surface area contributed by atoms with E-state index in [0.29, 0.717) is 0 Å². The van der Waals surface area contributed by atoms with Gasteiger partial charge in [0.15, 0.2) is 0 Å². The van der Waals surface area contributed by atoms with Crippen molar-refractivity contribution in [3.63, 3.8) is 0 Å². The molecule has 0 atom stereocenters. The molecule has 0 aromatic heterocycles. The topological polar surface area (TPSA) is 29.4 Å². The number of thiocarbonyl (C=S) groups is 1. The van der Waals surface area contributed by atoms with Crippen LogP contribution in [0.25, 0.3) is 0 Å². The maximum absolute atomic E-state index is 10.7. The average molecular weight is 169 g/mol. The Morgan fingerprint density at radius 1 is 1.55 bits per heavy atom. The molecule has 0 saturated heterocycles. The van der Waals surface area contributed by atoms with Gasteiger partial charge in [-0.25, -0.2) is 0 Å². The lowest BCUT2D eigenvalue weighted by Crippen LogP contribution is -2.00. The van der Waals surface area contributed by atoms with Crippen molar-refractivity contribution in [2.24, 2.45) is 10.4 Å². The molecule has 0 saturated carbocycles. The first-order valence-electron chi connectivity index (χ1n) is 3.27. The summed E-state index contributed by atoms with van der Waals surface area (Å²) < 4.78 is 0. The third-order valence-corrected chi connectivity index (χ3v) is 0.973. The molecule has 0 rings (SSSR count). The molecule has 0 unspecified atom stereocenters. The monoisotopic (exact) mass is 169 g/mol. The molecule has 11 heavy (non-hydrogen) atoms. The van der Waals surface area contributed by atoms with E-state index in [1.165, 1.54) is 6.08 Å². The van der Waals surface area contributed by atoms with Gasteiger partial charge in [0.1, 0.15) is 0 Å². The van der Waals surface area contributed by atoms with Gasteiger partial charge < -0.3 is 0 Å². The number of allylic oxidation sites excluding steroid dienone is 1. The Morgan fingerprint density at radius 3 is 2.45 bits per heavy atom. The minimum atomic E-state index is -0.352. The van der Waals surface area contributed by atoms with Crippen molar-refractivity contribution >= 4 is 23.3 Å². The van der Waals surface area contributed by atoms with Gasteiger partial charge in [-0.05, 0) is 17.6 Å². The zero-order valence-corrected chi connectivity index (χ0v) is 7.73. The molecule has 0 aromatic carbocycles. The highest BCUT2D eigenvalue weighted by molar-refractivity contribution is 7.78. The molecule has 0 fully saturated rings. The second-order valence-corrected chi connectivity index (χ2v) is 3.42. The van der Waals surface area contributed by atoms with Crippen molar-refractivity contribution in [3.05, 3.63) is 12.2 Å². The number of aliphatic imine (C=N–C) groups is 1. The SMILES string of the molecule is CC(C)(C)C=CC(=O)N=C=S. The van der Waals surface area contributed by atoms with Crippen molar-refractivity contribution in [1.29, 1.82) is 0 Å². The summed E-state index contributed by atoms with van der Waals surface area (Å²) >= 11 is 4.26. The van der Waals surface area contributed by atoms with Gasteiger partial charge in [-0.1, -0.05) is 26.8 Å². The molecule has 0 aliphatic heterocycles. The normalized spacial score (nSPS) is 11.2. The predicted molar refractivity (Wildman–Crippen MR) is 48.6 cm³/mol. The summed E-state index contributed by atoms with van der Waals surface area (Å²) in [5.74, 6) is -0.352. The Bertz CT molecular complexity index is 219. The first kappa shape index (κ1) is 10.2. The van der Waals surface area contributed by atoms with Crippen molar-refractivity contribution in [3.8, 4) is 0 Å². The third kappa shape index (κ3) is 7.10. The van der Waals surface area contributed by atoms with Crippen LogP contribution in [-0.4, -0.2) is 11.1 Å². The first-order valence-corrected chi connectivity index (χ1v) is 3.67. The molecular weight excluding hydrogens is 158 g/mol. The van der Waals surface area contributed by atoms with Crippen LogP contribution in [0.5, 0.6) is 0 Å². The zero-order chi connectivity index (χ0) is 8.91. The largest absolute Gasteiger partial charge is 0.278 e. The highest BCUT2D eigenvalue weighted by atomic mass is 32.1. The minimum absolute atomic E-state index is 0.00658. The van der Waals surface area contributed by atoms with Crippen LogP contribution in [0.15, 0.2) is 17.1 Å².